The molecule has 0 amide bonds. The average Bonchev–Trinajstić information content (AvgIpc) is 3.03. The fourth-order valence-corrected chi connectivity index (χ4v) is 46.7. The summed E-state index contributed by atoms with van der Waals surface area (Å²) >= 11 is -8.21. The molecule has 0 spiro atoms. The zero-order valence-corrected chi connectivity index (χ0v) is 38.0. The molecule has 0 radical (unpaired) electrons. The van der Waals surface area contributed by atoms with Gasteiger partial charge in [-0.05, 0) is 0 Å². The van der Waals surface area contributed by atoms with Crippen molar-refractivity contribution in [3.63, 3.8) is 0 Å². The van der Waals surface area contributed by atoms with Gasteiger partial charge in [0.15, 0.2) is 0 Å². The zero-order chi connectivity index (χ0) is 35.2. The van der Waals surface area contributed by atoms with Crippen LogP contribution in [-0.4, -0.2) is 50.3 Å². The van der Waals surface area contributed by atoms with Crippen molar-refractivity contribution in [2.75, 3.05) is 0 Å². The topological polar surface area (TPSA) is 61.8 Å². The van der Waals surface area contributed by atoms with Crippen LogP contribution in [0.4, 0.5) is 0 Å². The summed E-state index contributed by atoms with van der Waals surface area (Å²) in [5.74, 6) is -0.916. The Balaban J connectivity index is 6.54. The van der Waals surface area contributed by atoms with Crippen LogP contribution >= 0.6 is 0 Å². The van der Waals surface area contributed by atoms with Gasteiger partial charge in [0, 0.05) is 0 Å². The second-order valence-corrected chi connectivity index (χ2v) is 36.4. The predicted octanol–water partition coefficient (Wildman–Crippen LogP) is 13.6. The van der Waals surface area contributed by atoms with Gasteiger partial charge in [-0.1, -0.05) is 0 Å². The van der Waals surface area contributed by atoms with Crippen LogP contribution in [0.3, 0.4) is 0 Å². The summed E-state index contributed by atoms with van der Waals surface area (Å²) in [6, 6.07) is 0. The van der Waals surface area contributed by atoms with Gasteiger partial charge in [-0.2, -0.15) is 0 Å². The predicted molar refractivity (Wildman–Crippen MR) is 207 cm³/mol. The molecule has 276 valence electrons. The van der Waals surface area contributed by atoms with Gasteiger partial charge < -0.3 is 0 Å². The summed E-state index contributed by atoms with van der Waals surface area (Å²) < 4.78 is 24.4. The first-order valence-corrected chi connectivity index (χ1v) is 32.8. The molecule has 0 aromatic rings. The van der Waals surface area contributed by atoms with Crippen molar-refractivity contribution in [3.05, 3.63) is 24.3 Å². The van der Waals surface area contributed by atoms with Crippen LogP contribution in [0.1, 0.15) is 196 Å². The number of hydrogen-bond acceptors (Lipinski definition) is 5. The zero-order valence-electron chi connectivity index (χ0n) is 32.3. The van der Waals surface area contributed by atoms with E-state index in [1.807, 2.05) is 0 Å². The maximum absolute atomic E-state index is 13.3. The summed E-state index contributed by atoms with van der Waals surface area (Å²) in [4.78, 5) is 26.6. The molecule has 0 aliphatic heterocycles. The number of rotatable bonds is 34. The van der Waals surface area contributed by atoms with E-state index in [1.54, 1.807) is 13.8 Å². The summed E-state index contributed by atoms with van der Waals surface area (Å²) in [5, 5.41) is 0. The van der Waals surface area contributed by atoms with Gasteiger partial charge in [-0.3, -0.25) is 0 Å². The number of unbranched alkanes of at least 4 members (excludes halogenated alkanes) is 20. The third-order valence-corrected chi connectivity index (χ3v) is 42.1. The molecule has 0 aliphatic carbocycles. The Labute approximate surface area is 303 Å². The second kappa shape index (κ2) is 30.8. The van der Waals surface area contributed by atoms with Crippen LogP contribution in [0.15, 0.2) is 24.3 Å². The van der Waals surface area contributed by atoms with Crippen molar-refractivity contribution >= 4 is 50.3 Å². The third kappa shape index (κ3) is 24.7. The molecule has 0 fully saturated rings. The van der Waals surface area contributed by atoms with Crippen molar-refractivity contribution in [2.24, 2.45) is 0 Å². The standard InChI is InChI=1S/4C8H17.2C4H6O2.O.2Sn/c4*1-3-5-7-8-6-4-2;2*1-3(2)4(5)6;;;/h4*1,3-8H2,2H3;2*1H2,2H3,(H,5,6);;;/q;;;;;;;;+2/p-2. The first-order valence-electron chi connectivity index (χ1n) is 20.1. The van der Waals surface area contributed by atoms with E-state index >= 15 is 0 Å². The molecule has 0 aliphatic rings. The van der Waals surface area contributed by atoms with Crippen molar-refractivity contribution in [1.82, 2.24) is 0 Å². The van der Waals surface area contributed by atoms with Crippen LogP contribution < -0.4 is 0 Å². The van der Waals surface area contributed by atoms with Crippen molar-refractivity contribution in [3.8, 4) is 0 Å². The van der Waals surface area contributed by atoms with Crippen LogP contribution in [0.5, 0.6) is 0 Å². The van der Waals surface area contributed by atoms with Crippen LogP contribution in [-0.2, 0) is 17.1 Å². The molecule has 0 heterocycles. The van der Waals surface area contributed by atoms with E-state index in [1.165, 1.54) is 135 Å². The summed E-state index contributed by atoms with van der Waals surface area (Å²) in [6.07, 6.45) is 29.2. The Morgan fingerprint density at radius 2 is 0.681 bits per heavy atom. The molecule has 0 aromatic heterocycles. The molecular weight excluding hydrogens is 798 g/mol. The summed E-state index contributed by atoms with van der Waals surface area (Å²) in [5.41, 5.74) is 0.681. The van der Waals surface area contributed by atoms with Gasteiger partial charge in [-0.15, -0.1) is 0 Å². The van der Waals surface area contributed by atoms with Crippen LogP contribution in [0, 0.1) is 0 Å². The monoisotopic (exact) mass is 878 g/mol. The van der Waals surface area contributed by atoms with E-state index < -0.39 is 50.3 Å². The second-order valence-electron chi connectivity index (χ2n) is 14.4. The Morgan fingerprint density at radius 3 is 0.957 bits per heavy atom. The van der Waals surface area contributed by atoms with E-state index in [4.69, 9.17) is 7.56 Å². The molecule has 47 heavy (non-hydrogen) atoms. The fourth-order valence-electron chi connectivity index (χ4n) is 6.33. The van der Waals surface area contributed by atoms with Crippen LogP contribution in [0.2, 0.25) is 17.7 Å². The minimum absolute atomic E-state index is 0.340. The molecule has 7 heteroatoms. The van der Waals surface area contributed by atoms with Crippen LogP contribution in [0.25, 0.3) is 0 Å². The summed E-state index contributed by atoms with van der Waals surface area (Å²) in [6.45, 7) is 20.2. The van der Waals surface area contributed by atoms with Gasteiger partial charge >= 0.3 is 305 Å². The number of hydrogen-bond donors (Lipinski definition) is 0. The minimum atomic E-state index is -4.75. The van der Waals surface area contributed by atoms with Crippen molar-refractivity contribution < 1.29 is 17.1 Å². The Kier molecular flexibility index (Phi) is 30.8. The molecule has 0 atom stereocenters. The van der Waals surface area contributed by atoms with E-state index in [0.29, 0.717) is 15.6 Å². The Morgan fingerprint density at radius 1 is 0.426 bits per heavy atom. The van der Waals surface area contributed by atoms with Gasteiger partial charge in [0.1, 0.15) is 0 Å². The summed E-state index contributed by atoms with van der Waals surface area (Å²) in [7, 11) is 0. The first kappa shape index (κ1) is 47.0. The Bertz CT molecular complexity index is 759. The van der Waals surface area contributed by atoms with E-state index in [0.717, 1.165) is 32.6 Å². The van der Waals surface area contributed by atoms with E-state index in [-0.39, 0.29) is 0 Å². The normalized spacial score (nSPS) is 11.9. The SMILES string of the molecule is C=C(C)C(=O)[O][Sn]([CH2]CCCCCCC)([O]C(=O)C(=C)C)[O][Sn]([CH2]CCCCCCC)([CH2]CCCCCCC)[CH2]CCCCCCC. The van der Waals surface area contributed by atoms with Gasteiger partial charge in [0.05, 0.1) is 0 Å². The molecule has 0 aromatic carbocycles. The first-order chi connectivity index (χ1) is 22.6. The molecule has 0 unspecified atom stereocenters. The average molecular weight is 876 g/mol. The van der Waals surface area contributed by atoms with Crippen molar-refractivity contribution in [1.29, 1.82) is 0 Å². The fraction of sp³-hybridized carbons (Fsp3) is 0.850. The van der Waals surface area contributed by atoms with E-state index in [2.05, 4.69) is 40.9 Å². The number of carbonyl (C=O) groups excluding carboxylic acids is 2. The van der Waals surface area contributed by atoms with Gasteiger partial charge in [-0.25, -0.2) is 0 Å². The molecule has 5 nitrogen and oxygen atoms in total. The third-order valence-electron chi connectivity index (χ3n) is 9.36. The molecule has 0 rings (SSSR count). The molecule has 0 N–H and O–H groups in total. The van der Waals surface area contributed by atoms with Gasteiger partial charge in [0.25, 0.3) is 0 Å². The molecule has 0 saturated carbocycles. The molecule has 0 saturated heterocycles. The van der Waals surface area contributed by atoms with E-state index in [9.17, 15) is 9.59 Å². The Hall–Kier alpha value is -0.0226. The van der Waals surface area contributed by atoms with Crippen molar-refractivity contribution in [2.45, 2.75) is 213 Å². The number of carbonyl (C=O) groups is 2. The maximum atomic E-state index is 13.3. The van der Waals surface area contributed by atoms with Gasteiger partial charge in [0.2, 0.25) is 0 Å². The quantitative estimate of drug-likeness (QED) is 0.0366. The molecule has 0 bridgehead atoms. The molecular formula is C40H78O5Sn2.